The first-order valence-corrected chi connectivity index (χ1v) is 6.61. The second-order valence-electron chi connectivity index (χ2n) is 4.37. The fourth-order valence-electron chi connectivity index (χ4n) is 1.86. The minimum atomic E-state index is -0.699. The van der Waals surface area contributed by atoms with Gasteiger partial charge in [0.05, 0.1) is 11.2 Å². The highest BCUT2D eigenvalue weighted by atomic mass is 16.7. The Kier molecular flexibility index (Phi) is 5.24. The van der Waals surface area contributed by atoms with E-state index in [0.717, 1.165) is 0 Å². The van der Waals surface area contributed by atoms with Gasteiger partial charge in [0, 0.05) is 6.07 Å². The van der Waals surface area contributed by atoms with E-state index in [9.17, 15) is 20.2 Å². The third-order valence-corrected chi connectivity index (χ3v) is 2.88. The predicted octanol–water partition coefficient (Wildman–Crippen LogP) is 3.19. The molecule has 0 saturated carbocycles. The number of hydrazine groups is 1. The molecule has 0 unspecified atom stereocenters. The molecule has 0 N–H and O–H groups in total. The average Bonchev–Trinajstić information content (AvgIpc) is 2.55. The molecule has 0 amide bonds. The smallest absolute Gasteiger partial charge is 0.298 e. The lowest BCUT2D eigenvalue weighted by atomic mass is 10.2. The van der Waals surface area contributed by atoms with Crippen molar-refractivity contribution in [1.29, 1.82) is 0 Å². The van der Waals surface area contributed by atoms with Gasteiger partial charge in [-0.05, 0) is 24.3 Å². The quantitative estimate of drug-likeness (QED) is 0.442. The van der Waals surface area contributed by atoms with Crippen molar-refractivity contribution in [3.8, 4) is 5.75 Å². The van der Waals surface area contributed by atoms with Crippen LogP contribution in [-0.2, 0) is 0 Å². The number of rotatable bonds is 7. The van der Waals surface area contributed by atoms with Gasteiger partial charge < -0.3 is 4.74 Å². The van der Waals surface area contributed by atoms with Crippen molar-refractivity contribution < 1.29 is 14.7 Å². The zero-order chi connectivity index (χ0) is 16.7. The molecule has 2 aromatic rings. The third kappa shape index (κ3) is 4.27. The highest BCUT2D eigenvalue weighted by Crippen LogP contribution is 2.27. The number of anilines is 1. The summed E-state index contributed by atoms with van der Waals surface area (Å²) in [4.78, 5) is 21.5. The van der Waals surface area contributed by atoms with E-state index in [0.29, 0.717) is 10.8 Å². The molecule has 0 aliphatic rings. The highest BCUT2D eigenvalue weighted by molar-refractivity contribution is 5.61. The Bertz CT molecular complexity index is 718. The molecule has 0 fully saturated rings. The van der Waals surface area contributed by atoms with E-state index in [-0.39, 0.29) is 17.9 Å². The summed E-state index contributed by atoms with van der Waals surface area (Å²) in [6.45, 7) is -0.176. The minimum absolute atomic E-state index is 0.0909. The maximum atomic E-state index is 11.2. The van der Waals surface area contributed by atoms with E-state index in [1.807, 2.05) is 6.07 Å². The molecule has 0 radical (unpaired) electrons. The molecule has 8 heteroatoms. The largest absolute Gasteiger partial charge is 0.465 e. The molecule has 0 spiro atoms. The van der Waals surface area contributed by atoms with E-state index in [1.165, 1.54) is 36.6 Å². The monoisotopic (exact) mass is 315 g/mol. The van der Waals surface area contributed by atoms with Crippen LogP contribution < -0.4 is 9.75 Å². The molecule has 23 heavy (non-hydrogen) atoms. The lowest BCUT2D eigenvalue weighted by Crippen LogP contribution is -2.30. The van der Waals surface area contributed by atoms with Crippen molar-refractivity contribution in [2.24, 2.45) is 0 Å². The van der Waals surface area contributed by atoms with Gasteiger partial charge in [-0.15, -0.1) is 0 Å². The van der Waals surface area contributed by atoms with E-state index in [4.69, 9.17) is 4.74 Å². The molecule has 118 valence electrons. The molecular weight excluding hydrogens is 302 g/mol. The van der Waals surface area contributed by atoms with Gasteiger partial charge in [0.1, 0.15) is 12.3 Å². The van der Waals surface area contributed by atoms with Gasteiger partial charge in [0.15, 0.2) is 10.7 Å². The SMILES string of the molecule is O=[N+]([O-])c1ccccc1N(CC=COc1ccccc1)[N+](=O)[O-]. The number of nitro groups is 2. The van der Waals surface area contributed by atoms with Crippen LogP contribution in [0.4, 0.5) is 11.4 Å². The minimum Gasteiger partial charge on any atom is -0.465 e. The number of hydrogen-bond donors (Lipinski definition) is 0. The Morgan fingerprint density at radius 1 is 1.00 bits per heavy atom. The van der Waals surface area contributed by atoms with Gasteiger partial charge in [0.25, 0.3) is 5.69 Å². The van der Waals surface area contributed by atoms with Crippen LogP contribution in [0.3, 0.4) is 0 Å². The summed E-state index contributed by atoms with van der Waals surface area (Å²) in [7, 11) is 0. The Hall–Kier alpha value is -3.42. The zero-order valence-electron chi connectivity index (χ0n) is 11.9. The summed E-state index contributed by atoms with van der Waals surface area (Å²) in [6, 6.07) is 14.4. The molecule has 0 aromatic heterocycles. The third-order valence-electron chi connectivity index (χ3n) is 2.88. The van der Waals surface area contributed by atoms with Gasteiger partial charge in [-0.2, -0.15) is 0 Å². The molecule has 8 nitrogen and oxygen atoms in total. The number of nitro benzene ring substituents is 1. The van der Waals surface area contributed by atoms with Gasteiger partial charge in [-0.1, -0.05) is 35.3 Å². The summed E-state index contributed by atoms with van der Waals surface area (Å²) in [6.07, 6.45) is 2.72. The molecule has 0 saturated heterocycles. The van der Waals surface area contributed by atoms with Crippen LogP contribution in [0, 0.1) is 20.2 Å². The molecule has 0 atom stereocenters. The summed E-state index contributed by atoms with van der Waals surface area (Å²) < 4.78 is 5.29. The molecule has 0 heterocycles. The van der Waals surface area contributed by atoms with Gasteiger partial charge in [-0.25, -0.2) is 10.1 Å². The lowest BCUT2D eigenvalue weighted by molar-refractivity contribution is -0.494. The summed E-state index contributed by atoms with van der Waals surface area (Å²) in [5.41, 5.74) is -0.423. The van der Waals surface area contributed by atoms with Crippen LogP contribution in [0.1, 0.15) is 0 Å². The van der Waals surface area contributed by atoms with Crippen LogP contribution in [0.15, 0.2) is 66.9 Å². The molecule has 0 bridgehead atoms. The summed E-state index contributed by atoms with van der Waals surface area (Å²) in [5, 5.41) is 22.1. The van der Waals surface area contributed by atoms with Crippen LogP contribution in [-0.4, -0.2) is 16.5 Å². The van der Waals surface area contributed by atoms with Crippen LogP contribution >= 0.6 is 0 Å². The van der Waals surface area contributed by atoms with Gasteiger partial charge in [-0.3, -0.25) is 10.1 Å². The van der Waals surface area contributed by atoms with Crippen LogP contribution in [0.25, 0.3) is 0 Å². The maximum Gasteiger partial charge on any atom is 0.298 e. The number of hydrogen-bond acceptors (Lipinski definition) is 5. The summed E-state index contributed by atoms with van der Waals surface area (Å²) in [5.74, 6) is 0.585. The molecule has 0 aliphatic carbocycles. The van der Waals surface area contributed by atoms with Crippen LogP contribution in [0.5, 0.6) is 5.75 Å². The van der Waals surface area contributed by atoms with E-state index < -0.39 is 9.96 Å². The topological polar surface area (TPSA) is 98.8 Å². The predicted molar refractivity (Wildman–Crippen MR) is 83.6 cm³/mol. The van der Waals surface area contributed by atoms with Crippen molar-refractivity contribution in [1.82, 2.24) is 0 Å². The second-order valence-corrected chi connectivity index (χ2v) is 4.37. The standard InChI is InChI=1S/C15H13N3O5/c19-17(20)15-10-5-4-9-14(15)16(18(21)22)11-6-12-23-13-7-2-1-3-8-13/h1-10,12H,11H2. The van der Waals surface area contributed by atoms with E-state index >= 15 is 0 Å². The van der Waals surface area contributed by atoms with Crippen molar-refractivity contribution >= 4 is 11.4 Å². The first kappa shape index (κ1) is 16.0. The first-order chi connectivity index (χ1) is 11.1. The van der Waals surface area contributed by atoms with Crippen molar-refractivity contribution in [2.75, 3.05) is 11.6 Å². The number of ether oxygens (including phenoxy) is 1. The lowest BCUT2D eigenvalue weighted by Gasteiger charge is -2.12. The van der Waals surface area contributed by atoms with Crippen molar-refractivity contribution in [2.45, 2.75) is 0 Å². The van der Waals surface area contributed by atoms with E-state index in [1.54, 1.807) is 24.3 Å². The Balaban J connectivity index is 2.11. The van der Waals surface area contributed by atoms with E-state index in [2.05, 4.69) is 0 Å². The second kappa shape index (κ2) is 7.55. The Morgan fingerprint density at radius 3 is 2.30 bits per heavy atom. The number of nitrogens with zero attached hydrogens (tertiary/aromatic N) is 3. The van der Waals surface area contributed by atoms with Gasteiger partial charge >= 0.3 is 0 Å². The summed E-state index contributed by atoms with van der Waals surface area (Å²) >= 11 is 0. The highest BCUT2D eigenvalue weighted by Gasteiger charge is 2.25. The maximum absolute atomic E-state index is 11.2. The van der Waals surface area contributed by atoms with Crippen LogP contribution in [0.2, 0.25) is 0 Å². The Morgan fingerprint density at radius 2 is 1.65 bits per heavy atom. The fourth-order valence-corrected chi connectivity index (χ4v) is 1.86. The first-order valence-electron chi connectivity index (χ1n) is 6.61. The van der Waals surface area contributed by atoms with Crippen molar-refractivity contribution in [3.05, 3.63) is 87.2 Å². The molecule has 2 aromatic carbocycles. The molecular formula is C15H13N3O5. The Labute approximate surface area is 131 Å². The molecule has 0 aliphatic heterocycles. The molecule has 2 rings (SSSR count). The van der Waals surface area contributed by atoms with Crippen molar-refractivity contribution in [3.63, 3.8) is 0 Å². The normalized spacial score (nSPS) is 10.4. The number of para-hydroxylation sites is 3. The van der Waals surface area contributed by atoms with Gasteiger partial charge in [0.2, 0.25) is 0 Å². The number of benzene rings is 2. The average molecular weight is 315 g/mol. The fraction of sp³-hybridized carbons (Fsp3) is 0.0667. The zero-order valence-corrected chi connectivity index (χ0v) is 11.9.